The number of rotatable bonds is 7. The molecule has 0 aliphatic carbocycles. The van der Waals surface area contributed by atoms with E-state index in [1.165, 1.54) is 0 Å². The predicted molar refractivity (Wildman–Crippen MR) is 65.3 cm³/mol. The Hall–Kier alpha value is -1.03. The van der Waals surface area contributed by atoms with Gasteiger partial charge in [-0.25, -0.2) is 0 Å². The van der Waals surface area contributed by atoms with Gasteiger partial charge < -0.3 is 15.4 Å². The third-order valence-corrected chi connectivity index (χ3v) is 1.75. The standard InChI is InChI=1S/C11H23N3O/c1-4-6-7-8-13-11(12-5-2)14-9-10-15-3/h4,6H,5,7-10H2,1-3H3,(H2,12,13,14). The largest absolute Gasteiger partial charge is 0.383 e. The fourth-order valence-corrected chi connectivity index (χ4v) is 1.03. The Labute approximate surface area is 92.8 Å². The molecular weight excluding hydrogens is 190 g/mol. The molecule has 2 N–H and O–H groups in total. The van der Waals surface area contributed by atoms with E-state index in [2.05, 4.69) is 34.7 Å². The number of aliphatic imine (C=N–C) groups is 1. The van der Waals surface area contributed by atoms with E-state index in [0.717, 1.165) is 25.5 Å². The summed E-state index contributed by atoms with van der Waals surface area (Å²) >= 11 is 0. The van der Waals surface area contributed by atoms with Crippen LogP contribution in [0.15, 0.2) is 17.1 Å². The lowest BCUT2D eigenvalue weighted by Gasteiger charge is -2.09. The Balaban J connectivity index is 3.75. The lowest BCUT2D eigenvalue weighted by molar-refractivity contribution is 0.208. The first kappa shape index (κ1) is 14.0. The molecule has 0 aliphatic heterocycles. The fourth-order valence-electron chi connectivity index (χ4n) is 1.03. The minimum atomic E-state index is 0.658. The van der Waals surface area contributed by atoms with Crippen molar-refractivity contribution in [2.45, 2.75) is 20.3 Å². The monoisotopic (exact) mass is 213 g/mol. The van der Waals surface area contributed by atoms with Gasteiger partial charge in [-0.1, -0.05) is 12.2 Å². The molecule has 0 amide bonds. The van der Waals surface area contributed by atoms with E-state index in [9.17, 15) is 0 Å². The Bertz CT molecular complexity index is 190. The maximum absolute atomic E-state index is 4.94. The van der Waals surface area contributed by atoms with Crippen LogP contribution in [-0.4, -0.2) is 39.3 Å². The number of hydrogen-bond acceptors (Lipinski definition) is 2. The zero-order valence-corrected chi connectivity index (χ0v) is 10.0. The highest BCUT2D eigenvalue weighted by Crippen LogP contribution is 1.81. The molecule has 0 aromatic heterocycles. The number of ether oxygens (including phenoxy) is 1. The summed E-state index contributed by atoms with van der Waals surface area (Å²) in [6.07, 6.45) is 5.20. The average molecular weight is 213 g/mol. The van der Waals surface area contributed by atoms with Crippen molar-refractivity contribution in [3.8, 4) is 0 Å². The molecule has 0 heterocycles. The summed E-state index contributed by atoms with van der Waals surface area (Å²) in [5.74, 6) is 0.860. The summed E-state index contributed by atoms with van der Waals surface area (Å²) < 4.78 is 4.94. The van der Waals surface area contributed by atoms with Crippen molar-refractivity contribution in [1.82, 2.24) is 10.6 Å². The molecule has 0 saturated carbocycles. The quantitative estimate of drug-likeness (QED) is 0.289. The van der Waals surface area contributed by atoms with Crippen LogP contribution in [0.3, 0.4) is 0 Å². The Morgan fingerprint density at radius 1 is 1.40 bits per heavy atom. The summed E-state index contributed by atoms with van der Waals surface area (Å²) in [4.78, 5) is 4.35. The van der Waals surface area contributed by atoms with Gasteiger partial charge in [-0.15, -0.1) is 0 Å². The van der Waals surface area contributed by atoms with Gasteiger partial charge in [0.2, 0.25) is 0 Å². The molecule has 88 valence electrons. The highest BCUT2D eigenvalue weighted by molar-refractivity contribution is 5.79. The normalized spacial score (nSPS) is 12.1. The summed E-state index contributed by atoms with van der Waals surface area (Å²) in [5, 5.41) is 6.42. The molecule has 4 heteroatoms. The molecule has 0 bridgehead atoms. The second-order valence-electron chi connectivity index (χ2n) is 3.04. The van der Waals surface area contributed by atoms with Gasteiger partial charge >= 0.3 is 0 Å². The second-order valence-corrected chi connectivity index (χ2v) is 3.04. The predicted octanol–water partition coefficient (Wildman–Crippen LogP) is 1.15. The van der Waals surface area contributed by atoms with E-state index in [1.807, 2.05) is 6.92 Å². The van der Waals surface area contributed by atoms with Gasteiger partial charge in [0, 0.05) is 20.2 Å². The first-order valence-electron chi connectivity index (χ1n) is 5.47. The highest BCUT2D eigenvalue weighted by atomic mass is 16.5. The highest BCUT2D eigenvalue weighted by Gasteiger charge is 1.93. The van der Waals surface area contributed by atoms with Crippen molar-refractivity contribution in [3.63, 3.8) is 0 Å². The van der Waals surface area contributed by atoms with Crippen molar-refractivity contribution < 1.29 is 4.74 Å². The van der Waals surface area contributed by atoms with Gasteiger partial charge in [-0.05, 0) is 20.3 Å². The number of nitrogens with one attached hydrogen (secondary N) is 2. The van der Waals surface area contributed by atoms with Crippen LogP contribution in [0.1, 0.15) is 20.3 Å². The van der Waals surface area contributed by atoms with Gasteiger partial charge in [0.15, 0.2) is 5.96 Å². The molecule has 0 aromatic rings. The van der Waals surface area contributed by atoms with Gasteiger partial charge in [-0.3, -0.25) is 4.99 Å². The van der Waals surface area contributed by atoms with Gasteiger partial charge in [0.05, 0.1) is 13.2 Å². The number of methoxy groups -OCH3 is 1. The van der Waals surface area contributed by atoms with E-state index in [-0.39, 0.29) is 0 Å². The maximum Gasteiger partial charge on any atom is 0.191 e. The van der Waals surface area contributed by atoms with Crippen LogP contribution >= 0.6 is 0 Å². The lowest BCUT2D eigenvalue weighted by atomic mass is 10.4. The Morgan fingerprint density at radius 2 is 2.20 bits per heavy atom. The lowest BCUT2D eigenvalue weighted by Crippen LogP contribution is -2.37. The Kier molecular flexibility index (Phi) is 10.3. The molecule has 15 heavy (non-hydrogen) atoms. The summed E-state index contributed by atoms with van der Waals surface area (Å²) in [6.45, 7) is 7.21. The SMILES string of the molecule is CC=CCCNC(=NCCOC)NCC. The molecule has 0 aliphatic rings. The van der Waals surface area contributed by atoms with Crippen LogP contribution in [0.5, 0.6) is 0 Å². The third kappa shape index (κ3) is 9.28. The minimum absolute atomic E-state index is 0.658. The molecule has 0 radical (unpaired) electrons. The molecule has 0 rings (SSSR count). The van der Waals surface area contributed by atoms with Gasteiger partial charge in [0.25, 0.3) is 0 Å². The fraction of sp³-hybridized carbons (Fsp3) is 0.727. The van der Waals surface area contributed by atoms with E-state index in [0.29, 0.717) is 13.2 Å². The molecule has 0 spiro atoms. The van der Waals surface area contributed by atoms with E-state index >= 15 is 0 Å². The van der Waals surface area contributed by atoms with Crippen LogP contribution in [0.4, 0.5) is 0 Å². The first-order valence-corrected chi connectivity index (χ1v) is 5.47. The first-order chi connectivity index (χ1) is 7.35. The number of hydrogen-bond donors (Lipinski definition) is 2. The van der Waals surface area contributed by atoms with Gasteiger partial charge in [-0.2, -0.15) is 0 Å². The molecular formula is C11H23N3O. The number of guanidine groups is 1. The molecule has 0 atom stereocenters. The van der Waals surface area contributed by atoms with E-state index in [4.69, 9.17) is 4.74 Å². The number of nitrogens with zero attached hydrogens (tertiary/aromatic N) is 1. The van der Waals surface area contributed by atoms with Crippen LogP contribution in [0, 0.1) is 0 Å². The number of allylic oxidation sites excluding steroid dienone is 1. The molecule has 0 fully saturated rings. The van der Waals surface area contributed by atoms with Crippen LogP contribution in [-0.2, 0) is 4.74 Å². The van der Waals surface area contributed by atoms with Crippen molar-refractivity contribution in [1.29, 1.82) is 0 Å². The van der Waals surface area contributed by atoms with E-state index in [1.54, 1.807) is 7.11 Å². The topological polar surface area (TPSA) is 45.7 Å². The maximum atomic E-state index is 4.94. The zero-order valence-electron chi connectivity index (χ0n) is 10.0. The van der Waals surface area contributed by atoms with Crippen molar-refractivity contribution >= 4 is 5.96 Å². The smallest absolute Gasteiger partial charge is 0.191 e. The van der Waals surface area contributed by atoms with Crippen molar-refractivity contribution in [3.05, 3.63) is 12.2 Å². The average Bonchev–Trinajstić information content (AvgIpc) is 2.24. The summed E-state index contributed by atoms with van der Waals surface area (Å²) in [7, 11) is 1.68. The van der Waals surface area contributed by atoms with Crippen LogP contribution in [0.25, 0.3) is 0 Å². The summed E-state index contributed by atoms with van der Waals surface area (Å²) in [6, 6.07) is 0. The van der Waals surface area contributed by atoms with Crippen LogP contribution in [0.2, 0.25) is 0 Å². The molecule has 0 saturated heterocycles. The third-order valence-electron chi connectivity index (χ3n) is 1.75. The zero-order chi connectivity index (χ0) is 11.4. The second kappa shape index (κ2) is 11.0. The van der Waals surface area contributed by atoms with Crippen molar-refractivity contribution in [2.75, 3.05) is 33.4 Å². The minimum Gasteiger partial charge on any atom is -0.383 e. The molecule has 0 aromatic carbocycles. The summed E-state index contributed by atoms with van der Waals surface area (Å²) in [5.41, 5.74) is 0. The van der Waals surface area contributed by atoms with Gasteiger partial charge in [0.1, 0.15) is 0 Å². The van der Waals surface area contributed by atoms with Crippen LogP contribution < -0.4 is 10.6 Å². The Morgan fingerprint density at radius 3 is 2.80 bits per heavy atom. The molecule has 0 unspecified atom stereocenters. The van der Waals surface area contributed by atoms with Crippen molar-refractivity contribution in [2.24, 2.45) is 4.99 Å². The molecule has 4 nitrogen and oxygen atoms in total. The van der Waals surface area contributed by atoms with E-state index < -0.39 is 0 Å².